The van der Waals surface area contributed by atoms with Gasteiger partial charge in [-0.2, -0.15) is 0 Å². The van der Waals surface area contributed by atoms with Gasteiger partial charge in [-0.1, -0.05) is 44.0 Å². The number of hydrogen-bond donors (Lipinski definition) is 0. The van der Waals surface area contributed by atoms with Gasteiger partial charge in [0.2, 0.25) is 0 Å². The summed E-state index contributed by atoms with van der Waals surface area (Å²) in [5, 5.41) is 0. The fourth-order valence-corrected chi connectivity index (χ4v) is 3.77. The van der Waals surface area contributed by atoms with Crippen molar-refractivity contribution >= 4 is 44.1 Å². The number of carbonyl (C=O) groups excluding carboxylic acids is 2. The van der Waals surface area contributed by atoms with Crippen LogP contribution in [0.4, 0.5) is 4.39 Å². The molecule has 0 heterocycles. The van der Waals surface area contributed by atoms with Crippen molar-refractivity contribution in [1.82, 2.24) is 4.90 Å². The van der Waals surface area contributed by atoms with Crippen LogP contribution in [0.3, 0.4) is 0 Å². The van der Waals surface area contributed by atoms with E-state index in [9.17, 15) is 14.0 Å². The predicted molar refractivity (Wildman–Crippen MR) is 98.6 cm³/mol. The van der Waals surface area contributed by atoms with Gasteiger partial charge in [-0.15, -0.1) is 0 Å². The SMILES string of the molecule is CN(C[C@@H](CC=O)c1ccc(F)cc1)C(=O)c1cc(Br)cc(Br)c1. The Labute approximate surface area is 157 Å². The number of likely N-dealkylation sites (N-methyl/N-ethyl adjacent to an activating group) is 1. The molecule has 0 bridgehead atoms. The lowest BCUT2D eigenvalue weighted by Gasteiger charge is -2.23. The quantitative estimate of drug-likeness (QED) is 0.585. The summed E-state index contributed by atoms with van der Waals surface area (Å²) in [4.78, 5) is 25.2. The molecule has 0 saturated heterocycles. The van der Waals surface area contributed by atoms with Crippen molar-refractivity contribution in [2.75, 3.05) is 13.6 Å². The fourth-order valence-electron chi connectivity index (χ4n) is 2.48. The van der Waals surface area contributed by atoms with E-state index in [1.807, 2.05) is 6.07 Å². The molecule has 0 radical (unpaired) electrons. The van der Waals surface area contributed by atoms with Crippen molar-refractivity contribution in [3.05, 3.63) is 68.4 Å². The molecule has 2 rings (SSSR count). The van der Waals surface area contributed by atoms with Gasteiger partial charge in [0.25, 0.3) is 5.91 Å². The Kier molecular flexibility index (Phi) is 6.69. The van der Waals surface area contributed by atoms with E-state index in [2.05, 4.69) is 31.9 Å². The number of amides is 1. The Hall–Kier alpha value is -1.53. The van der Waals surface area contributed by atoms with Crippen LogP contribution < -0.4 is 0 Å². The second-order valence-corrected chi connectivity index (χ2v) is 7.33. The molecule has 0 fully saturated rings. The standard InChI is InChI=1S/C18H16Br2FNO2/c1-22(18(24)14-8-15(19)10-16(20)9-14)11-13(6-7-23)12-2-4-17(21)5-3-12/h2-5,7-10,13H,6,11H2,1H3/t13-/m1/s1. The topological polar surface area (TPSA) is 37.4 Å². The number of halogens is 3. The van der Waals surface area contributed by atoms with Gasteiger partial charge < -0.3 is 9.69 Å². The molecule has 6 heteroatoms. The highest BCUT2D eigenvalue weighted by atomic mass is 79.9. The van der Waals surface area contributed by atoms with Crippen LogP contribution in [0.1, 0.15) is 28.3 Å². The van der Waals surface area contributed by atoms with Crippen LogP contribution in [0.5, 0.6) is 0 Å². The molecule has 1 amide bonds. The van der Waals surface area contributed by atoms with E-state index < -0.39 is 0 Å². The normalized spacial score (nSPS) is 11.8. The Morgan fingerprint density at radius 3 is 2.29 bits per heavy atom. The van der Waals surface area contributed by atoms with Gasteiger partial charge in [-0.3, -0.25) is 4.79 Å². The Morgan fingerprint density at radius 2 is 1.75 bits per heavy atom. The van der Waals surface area contributed by atoms with Crippen molar-refractivity contribution < 1.29 is 14.0 Å². The number of rotatable bonds is 6. The van der Waals surface area contributed by atoms with Crippen LogP contribution in [-0.4, -0.2) is 30.7 Å². The molecule has 0 spiro atoms. The van der Waals surface area contributed by atoms with Crippen molar-refractivity contribution in [3.63, 3.8) is 0 Å². The lowest BCUT2D eigenvalue weighted by atomic mass is 9.95. The highest BCUT2D eigenvalue weighted by Gasteiger charge is 2.19. The number of hydrogen-bond acceptors (Lipinski definition) is 2. The van der Waals surface area contributed by atoms with Crippen molar-refractivity contribution in [2.24, 2.45) is 0 Å². The van der Waals surface area contributed by atoms with E-state index >= 15 is 0 Å². The summed E-state index contributed by atoms with van der Waals surface area (Å²) in [5.74, 6) is -0.644. The van der Waals surface area contributed by atoms with Crippen LogP contribution in [0.15, 0.2) is 51.4 Å². The molecule has 24 heavy (non-hydrogen) atoms. The van der Waals surface area contributed by atoms with E-state index in [0.29, 0.717) is 12.1 Å². The van der Waals surface area contributed by atoms with Gasteiger partial charge in [0.15, 0.2) is 0 Å². The van der Waals surface area contributed by atoms with E-state index in [1.165, 1.54) is 12.1 Å². The smallest absolute Gasteiger partial charge is 0.253 e. The summed E-state index contributed by atoms with van der Waals surface area (Å²) in [7, 11) is 1.69. The second-order valence-electron chi connectivity index (χ2n) is 5.49. The van der Waals surface area contributed by atoms with Crippen molar-refractivity contribution in [3.8, 4) is 0 Å². The molecular weight excluding hydrogens is 441 g/mol. The molecule has 0 aliphatic rings. The number of aldehydes is 1. The largest absolute Gasteiger partial charge is 0.341 e. The van der Waals surface area contributed by atoms with Crippen LogP contribution in [0, 0.1) is 5.82 Å². The molecule has 0 saturated carbocycles. The zero-order valence-corrected chi connectivity index (χ0v) is 16.2. The molecule has 1 atom stereocenters. The third-order valence-electron chi connectivity index (χ3n) is 3.67. The Bertz CT molecular complexity index is 714. The van der Waals surface area contributed by atoms with Gasteiger partial charge in [0.05, 0.1) is 0 Å². The summed E-state index contributed by atoms with van der Waals surface area (Å²) in [6, 6.07) is 11.4. The first-order valence-corrected chi connectivity index (χ1v) is 8.90. The minimum atomic E-state index is -0.327. The summed E-state index contributed by atoms with van der Waals surface area (Å²) < 4.78 is 14.7. The molecule has 2 aromatic rings. The first kappa shape index (κ1) is 18.8. The maximum atomic E-state index is 13.1. The number of carbonyl (C=O) groups is 2. The first-order valence-electron chi connectivity index (χ1n) is 7.31. The summed E-state index contributed by atoms with van der Waals surface area (Å²) in [5.41, 5.74) is 1.38. The van der Waals surface area contributed by atoms with E-state index in [0.717, 1.165) is 20.8 Å². The lowest BCUT2D eigenvalue weighted by molar-refractivity contribution is -0.108. The van der Waals surface area contributed by atoms with Gasteiger partial charge >= 0.3 is 0 Å². The average Bonchev–Trinajstić information content (AvgIpc) is 2.53. The minimum Gasteiger partial charge on any atom is -0.341 e. The maximum Gasteiger partial charge on any atom is 0.253 e. The van der Waals surface area contributed by atoms with Gasteiger partial charge in [0.1, 0.15) is 12.1 Å². The van der Waals surface area contributed by atoms with Crippen molar-refractivity contribution in [1.29, 1.82) is 0 Å². The van der Waals surface area contributed by atoms with Crippen LogP contribution in [0.2, 0.25) is 0 Å². The number of nitrogens with zero attached hydrogens (tertiary/aromatic N) is 1. The summed E-state index contributed by atoms with van der Waals surface area (Å²) in [6.45, 7) is 0.368. The maximum absolute atomic E-state index is 13.1. The molecule has 3 nitrogen and oxygen atoms in total. The minimum absolute atomic E-state index is 0.144. The van der Waals surface area contributed by atoms with Crippen LogP contribution in [-0.2, 0) is 4.79 Å². The summed E-state index contributed by atoms with van der Waals surface area (Å²) in [6.07, 6.45) is 1.09. The second kappa shape index (κ2) is 8.53. The first-order chi connectivity index (χ1) is 11.4. The molecule has 0 aliphatic heterocycles. The van der Waals surface area contributed by atoms with Gasteiger partial charge in [-0.25, -0.2) is 4.39 Å². The molecule has 0 unspecified atom stereocenters. The Balaban J connectivity index is 2.17. The van der Waals surface area contributed by atoms with Gasteiger partial charge in [-0.05, 0) is 35.9 Å². The lowest BCUT2D eigenvalue weighted by Crippen LogP contribution is -2.31. The zero-order valence-electron chi connectivity index (χ0n) is 13.0. The highest BCUT2D eigenvalue weighted by molar-refractivity contribution is 9.11. The molecule has 0 aliphatic carbocycles. The third kappa shape index (κ3) is 4.98. The number of benzene rings is 2. The molecule has 2 aromatic carbocycles. The highest BCUT2D eigenvalue weighted by Crippen LogP contribution is 2.23. The van der Waals surface area contributed by atoms with Crippen LogP contribution >= 0.6 is 31.9 Å². The van der Waals surface area contributed by atoms with Crippen molar-refractivity contribution in [2.45, 2.75) is 12.3 Å². The summed E-state index contributed by atoms with van der Waals surface area (Å²) >= 11 is 6.73. The molecule has 0 N–H and O–H groups in total. The predicted octanol–water partition coefficient (Wildman–Crippen LogP) is 4.80. The average molecular weight is 457 g/mol. The fraction of sp³-hybridized carbons (Fsp3) is 0.222. The zero-order chi connectivity index (χ0) is 17.7. The van der Waals surface area contributed by atoms with E-state index in [1.54, 1.807) is 36.2 Å². The monoisotopic (exact) mass is 455 g/mol. The Morgan fingerprint density at radius 1 is 1.17 bits per heavy atom. The van der Waals surface area contributed by atoms with Crippen LogP contribution in [0.25, 0.3) is 0 Å². The third-order valence-corrected chi connectivity index (χ3v) is 4.59. The van der Waals surface area contributed by atoms with E-state index in [4.69, 9.17) is 0 Å². The van der Waals surface area contributed by atoms with E-state index in [-0.39, 0.29) is 24.1 Å². The molecule has 0 aromatic heterocycles. The van der Waals surface area contributed by atoms with Gasteiger partial charge in [0, 0.05) is 40.4 Å². The molecule has 126 valence electrons. The molecular formula is C18H16Br2FNO2.